The van der Waals surface area contributed by atoms with Gasteiger partial charge in [-0.25, -0.2) is 0 Å². The van der Waals surface area contributed by atoms with Crippen LogP contribution in [0.2, 0.25) is 0 Å². The van der Waals surface area contributed by atoms with E-state index in [1.54, 1.807) is 25.1 Å². The molecule has 2 aromatic carbocycles. The minimum atomic E-state index is -4.76. The number of anilines is 2. The lowest BCUT2D eigenvalue weighted by Gasteiger charge is -2.12. The summed E-state index contributed by atoms with van der Waals surface area (Å²) < 4.78 is 39.9. The third-order valence-corrected chi connectivity index (χ3v) is 2.89. The summed E-state index contributed by atoms with van der Waals surface area (Å²) in [5.74, 6) is -0.862. The number of nitrogen functional groups attached to an aromatic ring is 1. The van der Waals surface area contributed by atoms with Gasteiger partial charge in [0.1, 0.15) is 5.75 Å². The monoisotopic (exact) mass is 310 g/mol. The molecule has 2 rings (SSSR count). The first kappa shape index (κ1) is 15.7. The average Bonchev–Trinajstić information content (AvgIpc) is 2.42. The van der Waals surface area contributed by atoms with Crippen LogP contribution in [0.3, 0.4) is 0 Å². The van der Waals surface area contributed by atoms with Crippen LogP contribution in [-0.4, -0.2) is 12.3 Å². The number of nitrogens with one attached hydrogen (secondary N) is 1. The number of aryl methyl sites for hydroxylation is 1. The molecule has 0 spiro atoms. The SMILES string of the molecule is Cc1cccc(N)c1NC(=O)c1ccc(OC(F)(F)F)cc1. The highest BCUT2D eigenvalue weighted by Crippen LogP contribution is 2.25. The molecule has 116 valence electrons. The zero-order chi connectivity index (χ0) is 16.3. The molecule has 0 saturated heterocycles. The number of amides is 1. The van der Waals surface area contributed by atoms with Crippen molar-refractivity contribution >= 4 is 17.3 Å². The van der Waals surface area contributed by atoms with Crippen molar-refractivity contribution in [1.82, 2.24) is 0 Å². The van der Waals surface area contributed by atoms with Gasteiger partial charge in [0.15, 0.2) is 0 Å². The Balaban J connectivity index is 2.13. The van der Waals surface area contributed by atoms with Gasteiger partial charge in [-0.3, -0.25) is 4.79 Å². The van der Waals surface area contributed by atoms with Crippen LogP contribution in [0.1, 0.15) is 15.9 Å². The molecule has 0 fully saturated rings. The molecule has 0 aliphatic carbocycles. The van der Waals surface area contributed by atoms with E-state index < -0.39 is 12.3 Å². The Labute approximate surface area is 124 Å². The van der Waals surface area contributed by atoms with Crippen LogP contribution in [0.15, 0.2) is 42.5 Å². The van der Waals surface area contributed by atoms with Gasteiger partial charge in [-0.05, 0) is 42.8 Å². The summed E-state index contributed by atoms with van der Waals surface area (Å²) in [5.41, 5.74) is 7.64. The molecule has 0 aromatic heterocycles. The average molecular weight is 310 g/mol. The lowest BCUT2D eigenvalue weighted by Crippen LogP contribution is -2.17. The molecule has 0 unspecified atom stereocenters. The van der Waals surface area contributed by atoms with Gasteiger partial charge >= 0.3 is 6.36 Å². The maximum atomic E-state index is 12.1. The zero-order valence-electron chi connectivity index (χ0n) is 11.6. The van der Waals surface area contributed by atoms with E-state index in [4.69, 9.17) is 5.73 Å². The fourth-order valence-electron chi connectivity index (χ4n) is 1.85. The van der Waals surface area contributed by atoms with Crippen molar-refractivity contribution in [2.24, 2.45) is 0 Å². The largest absolute Gasteiger partial charge is 0.573 e. The van der Waals surface area contributed by atoms with E-state index in [0.717, 1.165) is 17.7 Å². The van der Waals surface area contributed by atoms with E-state index in [9.17, 15) is 18.0 Å². The molecular weight excluding hydrogens is 297 g/mol. The van der Waals surface area contributed by atoms with E-state index in [1.807, 2.05) is 0 Å². The molecule has 0 aliphatic heterocycles. The maximum Gasteiger partial charge on any atom is 0.573 e. The molecular formula is C15H13F3N2O2. The van der Waals surface area contributed by atoms with Gasteiger partial charge in [-0.1, -0.05) is 12.1 Å². The highest BCUT2D eigenvalue weighted by Gasteiger charge is 2.31. The molecule has 0 bridgehead atoms. The van der Waals surface area contributed by atoms with Gasteiger partial charge in [-0.2, -0.15) is 0 Å². The van der Waals surface area contributed by atoms with Crippen LogP contribution in [0.25, 0.3) is 0 Å². The number of rotatable bonds is 3. The van der Waals surface area contributed by atoms with Gasteiger partial charge < -0.3 is 15.8 Å². The normalized spacial score (nSPS) is 11.1. The van der Waals surface area contributed by atoms with Crippen LogP contribution >= 0.6 is 0 Å². The Morgan fingerprint density at radius 1 is 1.14 bits per heavy atom. The van der Waals surface area contributed by atoms with E-state index >= 15 is 0 Å². The highest BCUT2D eigenvalue weighted by molar-refractivity contribution is 6.06. The van der Waals surface area contributed by atoms with Gasteiger partial charge in [0.2, 0.25) is 0 Å². The Morgan fingerprint density at radius 2 is 1.77 bits per heavy atom. The fourth-order valence-corrected chi connectivity index (χ4v) is 1.85. The minimum Gasteiger partial charge on any atom is -0.406 e. The van der Waals surface area contributed by atoms with E-state index in [2.05, 4.69) is 10.1 Å². The maximum absolute atomic E-state index is 12.1. The van der Waals surface area contributed by atoms with E-state index in [1.165, 1.54) is 12.1 Å². The molecule has 0 heterocycles. The van der Waals surface area contributed by atoms with Crippen molar-refractivity contribution in [3.63, 3.8) is 0 Å². The number of nitrogens with two attached hydrogens (primary N) is 1. The molecule has 0 aliphatic rings. The topological polar surface area (TPSA) is 64.3 Å². The second kappa shape index (κ2) is 5.97. The number of hydrogen-bond donors (Lipinski definition) is 2. The summed E-state index contributed by atoms with van der Waals surface area (Å²) in [7, 11) is 0. The smallest absolute Gasteiger partial charge is 0.406 e. The molecule has 0 saturated carbocycles. The van der Waals surface area contributed by atoms with Gasteiger partial charge in [-0.15, -0.1) is 13.2 Å². The molecule has 0 atom stereocenters. The number of halogens is 3. The van der Waals surface area contributed by atoms with Crippen molar-refractivity contribution < 1.29 is 22.7 Å². The number of hydrogen-bond acceptors (Lipinski definition) is 3. The third-order valence-electron chi connectivity index (χ3n) is 2.89. The summed E-state index contributed by atoms with van der Waals surface area (Å²) in [6, 6.07) is 9.81. The van der Waals surface area contributed by atoms with Crippen LogP contribution in [0.5, 0.6) is 5.75 Å². The molecule has 2 aromatic rings. The third kappa shape index (κ3) is 3.91. The standard InChI is InChI=1S/C15H13F3N2O2/c1-9-3-2-4-12(19)13(9)20-14(21)10-5-7-11(8-6-10)22-15(16,17)18/h2-8H,19H2,1H3,(H,20,21). The van der Waals surface area contributed by atoms with Crippen molar-refractivity contribution in [2.45, 2.75) is 13.3 Å². The van der Waals surface area contributed by atoms with Crippen LogP contribution in [0.4, 0.5) is 24.5 Å². The van der Waals surface area contributed by atoms with Crippen molar-refractivity contribution in [3.8, 4) is 5.75 Å². The minimum absolute atomic E-state index is 0.192. The van der Waals surface area contributed by atoms with Gasteiger partial charge in [0.25, 0.3) is 5.91 Å². The van der Waals surface area contributed by atoms with Crippen molar-refractivity contribution in [3.05, 3.63) is 53.6 Å². The number of ether oxygens (including phenoxy) is 1. The van der Waals surface area contributed by atoms with Crippen LogP contribution < -0.4 is 15.8 Å². The summed E-state index contributed by atoms with van der Waals surface area (Å²) in [6.07, 6.45) is -4.76. The van der Waals surface area contributed by atoms with Gasteiger partial charge in [0.05, 0.1) is 11.4 Å². The Bertz CT molecular complexity index is 662. The molecule has 1 amide bonds. The van der Waals surface area contributed by atoms with E-state index in [-0.39, 0.29) is 11.3 Å². The second-order valence-electron chi connectivity index (χ2n) is 4.57. The number of carbonyl (C=O) groups is 1. The number of benzene rings is 2. The predicted molar refractivity (Wildman–Crippen MR) is 76.7 cm³/mol. The number of alkyl halides is 3. The second-order valence-corrected chi connectivity index (χ2v) is 4.57. The molecule has 7 heteroatoms. The first-order valence-electron chi connectivity index (χ1n) is 6.28. The quantitative estimate of drug-likeness (QED) is 0.849. The molecule has 22 heavy (non-hydrogen) atoms. The zero-order valence-corrected chi connectivity index (χ0v) is 11.6. The highest BCUT2D eigenvalue weighted by atomic mass is 19.4. The van der Waals surface area contributed by atoms with E-state index in [0.29, 0.717) is 11.4 Å². The number of carbonyl (C=O) groups excluding carboxylic acids is 1. The van der Waals surface area contributed by atoms with Crippen molar-refractivity contribution in [2.75, 3.05) is 11.1 Å². The molecule has 0 radical (unpaired) electrons. The fraction of sp³-hybridized carbons (Fsp3) is 0.133. The summed E-state index contributed by atoms with van der Waals surface area (Å²) in [4.78, 5) is 12.1. The Kier molecular flexibility index (Phi) is 4.25. The molecule has 3 N–H and O–H groups in total. The first-order valence-corrected chi connectivity index (χ1v) is 6.28. The van der Waals surface area contributed by atoms with Crippen molar-refractivity contribution in [1.29, 1.82) is 0 Å². The summed E-state index contributed by atoms with van der Waals surface area (Å²) in [6.45, 7) is 1.78. The van der Waals surface area contributed by atoms with Crippen LogP contribution in [-0.2, 0) is 0 Å². The predicted octanol–water partition coefficient (Wildman–Crippen LogP) is 3.73. The first-order chi connectivity index (χ1) is 10.3. The Morgan fingerprint density at radius 3 is 2.32 bits per heavy atom. The lowest BCUT2D eigenvalue weighted by molar-refractivity contribution is -0.274. The summed E-state index contributed by atoms with van der Waals surface area (Å²) in [5, 5.41) is 2.64. The van der Waals surface area contributed by atoms with Gasteiger partial charge in [0, 0.05) is 5.56 Å². The lowest BCUT2D eigenvalue weighted by atomic mass is 10.1. The van der Waals surface area contributed by atoms with Crippen LogP contribution in [0, 0.1) is 6.92 Å². The summed E-state index contributed by atoms with van der Waals surface area (Å²) >= 11 is 0. The number of para-hydroxylation sites is 1. The molecule has 4 nitrogen and oxygen atoms in total. The Hall–Kier alpha value is -2.70.